The van der Waals surface area contributed by atoms with E-state index in [0.29, 0.717) is 15.8 Å². The Balaban J connectivity index is 1.57. The molecule has 2 amide bonds. The van der Waals surface area contributed by atoms with Gasteiger partial charge in [-0.25, -0.2) is 12.8 Å². The number of carbonyl (C=O) groups excluding carboxylic acids is 2. The molecule has 0 radical (unpaired) electrons. The predicted octanol–water partition coefficient (Wildman–Crippen LogP) is 6.80. The van der Waals surface area contributed by atoms with Crippen LogP contribution in [-0.2, 0) is 32.6 Å². The maximum Gasteiger partial charge on any atom is 0.264 e. The molecule has 1 atom stereocenters. The van der Waals surface area contributed by atoms with Gasteiger partial charge in [0.2, 0.25) is 11.8 Å². The molecule has 1 aliphatic carbocycles. The molecule has 4 aromatic rings. The summed E-state index contributed by atoms with van der Waals surface area (Å²) < 4.78 is 49.4. The second kappa shape index (κ2) is 15.8. The molecule has 0 aliphatic heterocycles. The first-order chi connectivity index (χ1) is 23.0. The van der Waals surface area contributed by atoms with Gasteiger partial charge < -0.3 is 15.0 Å². The van der Waals surface area contributed by atoms with Gasteiger partial charge >= 0.3 is 0 Å². The lowest BCUT2D eigenvalue weighted by atomic mass is 10.0. The van der Waals surface area contributed by atoms with Gasteiger partial charge in [0.05, 0.1) is 22.2 Å². The summed E-state index contributed by atoms with van der Waals surface area (Å²) in [4.78, 5) is 30.1. The topological polar surface area (TPSA) is 96.0 Å². The van der Waals surface area contributed by atoms with Crippen molar-refractivity contribution in [2.75, 3.05) is 18.0 Å². The molecule has 1 aliphatic rings. The Morgan fingerprint density at radius 1 is 0.938 bits per heavy atom. The summed E-state index contributed by atoms with van der Waals surface area (Å²) in [5.74, 6) is -0.878. The summed E-state index contributed by atoms with van der Waals surface area (Å²) in [7, 11) is -2.81. The highest BCUT2D eigenvalue weighted by molar-refractivity contribution is 9.10. The smallest absolute Gasteiger partial charge is 0.264 e. The number of methoxy groups -OCH3 is 1. The first kappa shape index (κ1) is 35.1. The number of sulfonamides is 1. The van der Waals surface area contributed by atoms with Crippen LogP contribution in [-0.4, -0.2) is 50.9 Å². The van der Waals surface area contributed by atoms with Crippen LogP contribution in [0.1, 0.15) is 42.4 Å². The van der Waals surface area contributed by atoms with E-state index in [9.17, 15) is 22.4 Å². The number of hydrogen-bond acceptors (Lipinski definition) is 5. The summed E-state index contributed by atoms with van der Waals surface area (Å²) in [6.45, 7) is 1.26. The lowest BCUT2D eigenvalue weighted by Gasteiger charge is -2.34. The van der Waals surface area contributed by atoms with E-state index in [1.165, 1.54) is 42.3 Å². The van der Waals surface area contributed by atoms with Gasteiger partial charge in [0.1, 0.15) is 24.2 Å². The van der Waals surface area contributed by atoms with Gasteiger partial charge in [-0.15, -0.1) is 0 Å². The summed E-state index contributed by atoms with van der Waals surface area (Å²) in [6.07, 6.45) is 3.93. The standard InChI is InChI=1S/C37H39BrFN3O5S/c1-26-12-18-31(19-13-26)42(48(45,46)32-20-21-35(47-2)33(38)23-32)25-36(43)41(24-28-14-16-29(39)17-15-28)34(22-27-8-4-3-5-9-27)37(44)40-30-10-6-7-11-30/h3-5,8-9,12-21,23,30,34H,6-7,10-11,22,24-25H2,1-2H3,(H,40,44). The van der Waals surface area contributed by atoms with Crippen molar-refractivity contribution in [2.45, 2.75) is 62.6 Å². The minimum absolute atomic E-state index is 0.00324. The molecule has 0 bridgehead atoms. The third-order valence-corrected chi connectivity index (χ3v) is 10.9. The number of amides is 2. The molecule has 8 nitrogen and oxygen atoms in total. The van der Waals surface area contributed by atoms with E-state index in [0.717, 1.165) is 41.1 Å². The number of anilines is 1. The van der Waals surface area contributed by atoms with E-state index < -0.39 is 34.3 Å². The summed E-state index contributed by atoms with van der Waals surface area (Å²) in [5.41, 5.74) is 2.64. The average Bonchev–Trinajstić information content (AvgIpc) is 3.60. The number of hydrogen-bond donors (Lipinski definition) is 1. The van der Waals surface area contributed by atoms with E-state index >= 15 is 0 Å². The molecule has 0 spiro atoms. The van der Waals surface area contributed by atoms with Crippen LogP contribution in [0.15, 0.2) is 106 Å². The molecule has 5 rings (SSSR count). The third-order valence-electron chi connectivity index (χ3n) is 8.55. The average molecular weight is 737 g/mol. The summed E-state index contributed by atoms with van der Waals surface area (Å²) >= 11 is 3.38. The van der Waals surface area contributed by atoms with Crippen LogP contribution in [0.5, 0.6) is 5.75 Å². The molecule has 48 heavy (non-hydrogen) atoms. The lowest BCUT2D eigenvalue weighted by molar-refractivity contribution is -0.140. The zero-order valence-electron chi connectivity index (χ0n) is 26.9. The molecule has 1 saturated carbocycles. The van der Waals surface area contributed by atoms with Gasteiger partial charge in [-0.3, -0.25) is 13.9 Å². The van der Waals surface area contributed by atoms with E-state index in [-0.39, 0.29) is 35.5 Å². The highest BCUT2D eigenvalue weighted by atomic mass is 79.9. The monoisotopic (exact) mass is 735 g/mol. The van der Waals surface area contributed by atoms with Crippen LogP contribution in [0.3, 0.4) is 0 Å². The van der Waals surface area contributed by atoms with E-state index in [2.05, 4.69) is 21.2 Å². The fraction of sp³-hybridized carbons (Fsp3) is 0.297. The van der Waals surface area contributed by atoms with Gasteiger partial charge in [0.15, 0.2) is 0 Å². The number of halogens is 2. The number of nitrogens with one attached hydrogen (secondary N) is 1. The van der Waals surface area contributed by atoms with Crippen LogP contribution in [0.4, 0.5) is 10.1 Å². The van der Waals surface area contributed by atoms with E-state index in [1.807, 2.05) is 37.3 Å². The highest BCUT2D eigenvalue weighted by Gasteiger charge is 2.35. The van der Waals surface area contributed by atoms with Gasteiger partial charge in [-0.1, -0.05) is 73.0 Å². The summed E-state index contributed by atoms with van der Waals surface area (Å²) in [5, 5.41) is 3.15. The van der Waals surface area contributed by atoms with Crippen LogP contribution in [0.25, 0.3) is 0 Å². The Bertz CT molecular complexity index is 1820. The molecule has 0 saturated heterocycles. The Morgan fingerprint density at radius 2 is 1.60 bits per heavy atom. The second-order valence-corrected chi connectivity index (χ2v) is 14.7. The Morgan fingerprint density at radius 3 is 2.23 bits per heavy atom. The third kappa shape index (κ3) is 8.62. The quantitative estimate of drug-likeness (QED) is 0.163. The number of benzene rings is 4. The maximum absolute atomic E-state index is 14.6. The molecule has 1 fully saturated rings. The van der Waals surface area contributed by atoms with Crippen LogP contribution < -0.4 is 14.4 Å². The van der Waals surface area contributed by atoms with Crippen LogP contribution in [0, 0.1) is 12.7 Å². The molecule has 1 unspecified atom stereocenters. The first-order valence-corrected chi connectivity index (χ1v) is 18.1. The summed E-state index contributed by atoms with van der Waals surface area (Å²) in [6, 6.07) is 25.4. The van der Waals surface area contributed by atoms with Gasteiger partial charge in [0.25, 0.3) is 10.0 Å². The number of nitrogens with zero attached hydrogens (tertiary/aromatic N) is 2. The SMILES string of the molecule is COc1ccc(S(=O)(=O)N(CC(=O)N(Cc2ccc(F)cc2)C(Cc2ccccc2)C(=O)NC2CCCC2)c2ccc(C)cc2)cc1Br. The van der Waals surface area contributed by atoms with Crippen molar-refractivity contribution in [1.29, 1.82) is 0 Å². The molecule has 0 aromatic heterocycles. The highest BCUT2D eigenvalue weighted by Crippen LogP contribution is 2.31. The van der Waals surface area contributed by atoms with Crippen molar-refractivity contribution in [3.63, 3.8) is 0 Å². The van der Waals surface area contributed by atoms with Gasteiger partial charge in [0, 0.05) is 19.0 Å². The van der Waals surface area contributed by atoms with Crippen LogP contribution in [0.2, 0.25) is 0 Å². The Kier molecular flexibility index (Phi) is 11.5. The van der Waals surface area contributed by atoms with Gasteiger partial charge in [-0.05, 0) is 89.3 Å². The Hall–Kier alpha value is -4.22. The number of carbonyl (C=O) groups is 2. The van der Waals surface area contributed by atoms with Crippen molar-refractivity contribution in [3.05, 3.63) is 124 Å². The van der Waals surface area contributed by atoms with E-state index in [1.54, 1.807) is 36.4 Å². The van der Waals surface area contributed by atoms with Gasteiger partial charge in [-0.2, -0.15) is 0 Å². The molecular formula is C37H39BrFN3O5S. The minimum atomic E-state index is -4.29. The molecular weight excluding hydrogens is 697 g/mol. The molecule has 11 heteroatoms. The predicted molar refractivity (Wildman–Crippen MR) is 188 cm³/mol. The second-order valence-electron chi connectivity index (χ2n) is 12.0. The van der Waals surface area contributed by atoms with E-state index in [4.69, 9.17) is 4.74 Å². The zero-order valence-corrected chi connectivity index (χ0v) is 29.3. The fourth-order valence-corrected chi connectivity index (χ4v) is 8.02. The van der Waals surface area contributed by atoms with Crippen molar-refractivity contribution in [1.82, 2.24) is 10.2 Å². The minimum Gasteiger partial charge on any atom is -0.496 e. The molecule has 4 aromatic carbocycles. The largest absolute Gasteiger partial charge is 0.496 e. The first-order valence-electron chi connectivity index (χ1n) is 15.9. The number of ether oxygens (including phenoxy) is 1. The molecule has 1 N–H and O–H groups in total. The van der Waals surface area contributed by atoms with Crippen molar-refractivity contribution >= 4 is 43.5 Å². The lowest BCUT2D eigenvalue weighted by Crippen LogP contribution is -2.54. The van der Waals surface area contributed by atoms with Crippen molar-refractivity contribution in [2.24, 2.45) is 0 Å². The van der Waals surface area contributed by atoms with Crippen LogP contribution >= 0.6 is 15.9 Å². The Labute approximate surface area is 290 Å². The number of aryl methyl sites for hydroxylation is 1. The normalized spacial score (nSPS) is 13.9. The molecule has 0 heterocycles. The van der Waals surface area contributed by atoms with Crippen molar-refractivity contribution in [3.8, 4) is 5.75 Å². The maximum atomic E-state index is 14.6. The fourth-order valence-electron chi connectivity index (χ4n) is 5.88. The molecule has 252 valence electrons. The zero-order chi connectivity index (χ0) is 34.3. The van der Waals surface area contributed by atoms with Crippen molar-refractivity contribution < 1.29 is 27.1 Å². The number of rotatable bonds is 13.